The summed E-state index contributed by atoms with van der Waals surface area (Å²) in [6, 6.07) is 3.83. The van der Waals surface area contributed by atoms with Crippen LogP contribution in [-0.2, 0) is 13.1 Å². The fraction of sp³-hybridized carbons (Fsp3) is 0.385. The Morgan fingerprint density at radius 1 is 1.35 bits per heavy atom. The van der Waals surface area contributed by atoms with Crippen LogP contribution in [0.15, 0.2) is 24.4 Å². The minimum atomic E-state index is -0.973. The minimum Gasteiger partial charge on any atom is -0.488 e. The molecule has 0 aliphatic rings. The average molecular weight is 282 g/mol. The molecule has 1 heterocycles. The quantitative estimate of drug-likeness (QED) is 0.840. The van der Waals surface area contributed by atoms with E-state index in [0.29, 0.717) is 13.1 Å². The fourth-order valence-corrected chi connectivity index (χ4v) is 1.63. The van der Waals surface area contributed by atoms with Crippen molar-refractivity contribution in [1.82, 2.24) is 20.3 Å². The van der Waals surface area contributed by atoms with Crippen LogP contribution in [0.2, 0.25) is 0 Å². The summed E-state index contributed by atoms with van der Waals surface area (Å²) >= 11 is 0. The fourth-order valence-electron chi connectivity index (χ4n) is 1.63. The molecule has 0 unspecified atom stereocenters. The van der Waals surface area contributed by atoms with Crippen LogP contribution in [-0.4, -0.2) is 28.1 Å². The molecular weight excluding hydrogens is 266 g/mol. The van der Waals surface area contributed by atoms with E-state index in [9.17, 15) is 8.78 Å². The van der Waals surface area contributed by atoms with Gasteiger partial charge in [0.25, 0.3) is 0 Å². The highest BCUT2D eigenvalue weighted by atomic mass is 19.2. The monoisotopic (exact) mass is 282 g/mol. The lowest BCUT2D eigenvalue weighted by molar-refractivity contribution is 0.272. The Hall–Kier alpha value is -2.02. The van der Waals surface area contributed by atoms with E-state index in [2.05, 4.69) is 15.6 Å². The van der Waals surface area contributed by atoms with E-state index in [-0.39, 0.29) is 12.4 Å². The smallest absolute Gasteiger partial charge is 0.200 e. The zero-order chi connectivity index (χ0) is 14.4. The molecular formula is C13H16F2N4O. The van der Waals surface area contributed by atoms with Crippen molar-refractivity contribution in [2.24, 2.45) is 0 Å². The average Bonchev–Trinajstić information content (AvgIpc) is 2.89. The number of hydrogen-bond acceptors (Lipinski definition) is 4. The summed E-state index contributed by atoms with van der Waals surface area (Å²) in [7, 11) is 0. The zero-order valence-electron chi connectivity index (χ0n) is 11.1. The molecule has 1 aromatic carbocycles. The van der Waals surface area contributed by atoms with Crippen LogP contribution in [0.3, 0.4) is 0 Å². The number of halogens is 2. The lowest BCUT2D eigenvalue weighted by Gasteiger charge is -2.07. The molecule has 0 saturated carbocycles. The topological polar surface area (TPSA) is 52.0 Å². The van der Waals surface area contributed by atoms with Gasteiger partial charge < -0.3 is 10.1 Å². The predicted octanol–water partition coefficient (Wildman–Crippen LogP) is 1.74. The molecule has 7 heteroatoms. The third-order valence-electron chi connectivity index (χ3n) is 2.64. The van der Waals surface area contributed by atoms with Gasteiger partial charge in [0.05, 0.1) is 12.2 Å². The molecule has 0 saturated heterocycles. The molecule has 108 valence electrons. The Bertz CT molecular complexity index is 559. The van der Waals surface area contributed by atoms with Crippen LogP contribution < -0.4 is 10.1 Å². The highest BCUT2D eigenvalue weighted by Crippen LogP contribution is 2.18. The molecule has 20 heavy (non-hydrogen) atoms. The summed E-state index contributed by atoms with van der Waals surface area (Å²) in [5.74, 6) is -1.99. The van der Waals surface area contributed by atoms with Crippen molar-refractivity contribution in [3.8, 4) is 5.75 Å². The summed E-state index contributed by atoms with van der Waals surface area (Å²) in [5, 5.41) is 11.0. The molecule has 2 rings (SSSR count). The van der Waals surface area contributed by atoms with Crippen molar-refractivity contribution in [2.75, 3.05) is 13.2 Å². The number of aromatic nitrogens is 3. The Labute approximate surface area is 115 Å². The molecule has 0 fully saturated rings. The highest BCUT2D eigenvalue weighted by molar-refractivity contribution is 5.24. The summed E-state index contributed by atoms with van der Waals surface area (Å²) in [4.78, 5) is 0. The Kier molecular flexibility index (Phi) is 5.00. The van der Waals surface area contributed by atoms with Crippen molar-refractivity contribution < 1.29 is 13.5 Å². The third-order valence-corrected chi connectivity index (χ3v) is 2.64. The SMILES string of the molecule is CCNCc1cn(CCOc2cccc(F)c2F)nn1. The number of nitrogens with one attached hydrogen (secondary N) is 1. The normalized spacial score (nSPS) is 10.8. The summed E-state index contributed by atoms with van der Waals surface area (Å²) < 4.78 is 33.1. The lowest BCUT2D eigenvalue weighted by atomic mass is 10.3. The van der Waals surface area contributed by atoms with Crippen molar-refractivity contribution >= 4 is 0 Å². The number of rotatable bonds is 7. The molecule has 0 aliphatic heterocycles. The Balaban J connectivity index is 1.83. The van der Waals surface area contributed by atoms with Gasteiger partial charge in [-0.05, 0) is 18.7 Å². The molecule has 0 radical (unpaired) electrons. The molecule has 2 aromatic rings. The summed E-state index contributed by atoms with van der Waals surface area (Å²) in [6.45, 7) is 4.11. The number of nitrogens with zero attached hydrogens (tertiary/aromatic N) is 3. The van der Waals surface area contributed by atoms with Crippen molar-refractivity contribution in [3.63, 3.8) is 0 Å². The van der Waals surface area contributed by atoms with Gasteiger partial charge in [0, 0.05) is 12.7 Å². The molecule has 0 amide bonds. The van der Waals surface area contributed by atoms with Gasteiger partial charge in [-0.25, -0.2) is 9.07 Å². The second-order valence-corrected chi connectivity index (χ2v) is 4.15. The van der Waals surface area contributed by atoms with Crippen molar-refractivity contribution in [1.29, 1.82) is 0 Å². The Morgan fingerprint density at radius 2 is 2.20 bits per heavy atom. The third kappa shape index (κ3) is 3.74. The first kappa shape index (κ1) is 14.4. The highest BCUT2D eigenvalue weighted by Gasteiger charge is 2.08. The van der Waals surface area contributed by atoms with Gasteiger partial charge in [-0.3, -0.25) is 0 Å². The van der Waals surface area contributed by atoms with Crippen LogP contribution in [0.5, 0.6) is 5.75 Å². The maximum atomic E-state index is 13.3. The van der Waals surface area contributed by atoms with Crippen LogP contribution in [0, 0.1) is 11.6 Å². The maximum Gasteiger partial charge on any atom is 0.200 e. The molecule has 0 spiro atoms. The summed E-state index contributed by atoms with van der Waals surface area (Å²) in [5.41, 5.74) is 0.823. The van der Waals surface area contributed by atoms with Gasteiger partial charge in [-0.15, -0.1) is 5.10 Å². The van der Waals surface area contributed by atoms with E-state index >= 15 is 0 Å². The molecule has 1 N–H and O–H groups in total. The molecule has 5 nitrogen and oxygen atoms in total. The molecule has 0 bridgehead atoms. The van der Waals surface area contributed by atoms with E-state index < -0.39 is 11.6 Å². The van der Waals surface area contributed by atoms with Gasteiger partial charge >= 0.3 is 0 Å². The van der Waals surface area contributed by atoms with Crippen LogP contribution in [0.4, 0.5) is 8.78 Å². The van der Waals surface area contributed by atoms with E-state index in [0.717, 1.165) is 18.3 Å². The van der Waals surface area contributed by atoms with Crippen molar-refractivity contribution in [3.05, 3.63) is 41.7 Å². The molecule has 1 aromatic heterocycles. The summed E-state index contributed by atoms with van der Waals surface area (Å²) in [6.07, 6.45) is 1.79. The minimum absolute atomic E-state index is 0.0991. The van der Waals surface area contributed by atoms with E-state index in [1.54, 1.807) is 10.9 Å². The number of ether oxygens (including phenoxy) is 1. The largest absolute Gasteiger partial charge is 0.488 e. The number of benzene rings is 1. The Morgan fingerprint density at radius 3 is 3.00 bits per heavy atom. The predicted molar refractivity (Wildman–Crippen MR) is 69.3 cm³/mol. The maximum absolute atomic E-state index is 13.3. The van der Waals surface area contributed by atoms with E-state index in [1.807, 2.05) is 6.92 Å². The van der Waals surface area contributed by atoms with E-state index in [4.69, 9.17) is 4.74 Å². The molecule has 0 aliphatic carbocycles. The second kappa shape index (κ2) is 6.95. The van der Waals surface area contributed by atoms with Gasteiger partial charge in [0.2, 0.25) is 5.82 Å². The first-order valence-corrected chi connectivity index (χ1v) is 6.37. The standard InChI is InChI=1S/C13H16F2N4O/c1-2-16-8-10-9-19(18-17-10)6-7-20-12-5-3-4-11(14)13(12)15/h3-5,9,16H,2,6-8H2,1H3. The first-order chi connectivity index (χ1) is 9.70. The van der Waals surface area contributed by atoms with Gasteiger partial charge in [0.1, 0.15) is 6.61 Å². The number of hydrogen-bond donors (Lipinski definition) is 1. The van der Waals surface area contributed by atoms with Crippen LogP contribution in [0.25, 0.3) is 0 Å². The zero-order valence-corrected chi connectivity index (χ0v) is 11.1. The lowest BCUT2D eigenvalue weighted by Crippen LogP contribution is -2.12. The first-order valence-electron chi connectivity index (χ1n) is 6.37. The van der Waals surface area contributed by atoms with Crippen LogP contribution >= 0.6 is 0 Å². The van der Waals surface area contributed by atoms with Gasteiger partial charge in [0.15, 0.2) is 11.6 Å². The van der Waals surface area contributed by atoms with Gasteiger partial charge in [-0.2, -0.15) is 4.39 Å². The van der Waals surface area contributed by atoms with Crippen LogP contribution in [0.1, 0.15) is 12.6 Å². The molecule has 0 atom stereocenters. The second-order valence-electron chi connectivity index (χ2n) is 4.15. The van der Waals surface area contributed by atoms with E-state index in [1.165, 1.54) is 12.1 Å². The van der Waals surface area contributed by atoms with Crippen molar-refractivity contribution in [2.45, 2.75) is 20.0 Å². The van der Waals surface area contributed by atoms with Gasteiger partial charge in [-0.1, -0.05) is 18.2 Å².